The van der Waals surface area contributed by atoms with Crippen LogP contribution in [0.4, 0.5) is 5.69 Å². The molecule has 1 fully saturated rings. The number of nitrogens with zero attached hydrogens (tertiary/aromatic N) is 3. The van der Waals surface area contributed by atoms with Gasteiger partial charge in [-0.2, -0.15) is 5.26 Å². The molecule has 1 aromatic heterocycles. The van der Waals surface area contributed by atoms with Crippen LogP contribution in [0.15, 0.2) is 30.5 Å². The van der Waals surface area contributed by atoms with Gasteiger partial charge in [-0.1, -0.05) is 18.2 Å². The monoisotopic (exact) mass is 281 g/mol. The van der Waals surface area contributed by atoms with Crippen LogP contribution in [0.1, 0.15) is 26.3 Å². The summed E-state index contributed by atoms with van der Waals surface area (Å²) in [5.41, 5.74) is 2.29. The summed E-state index contributed by atoms with van der Waals surface area (Å²) < 4.78 is 5.97. The molecule has 3 rings (SSSR count). The minimum absolute atomic E-state index is 0.132. The fourth-order valence-electron chi connectivity index (χ4n) is 3.17. The Balaban J connectivity index is 2.17. The average molecular weight is 281 g/mol. The number of pyridine rings is 1. The maximum atomic E-state index is 9.46. The van der Waals surface area contributed by atoms with Crippen molar-refractivity contribution in [3.8, 4) is 6.07 Å². The van der Waals surface area contributed by atoms with E-state index in [9.17, 15) is 5.26 Å². The molecule has 0 spiro atoms. The van der Waals surface area contributed by atoms with Gasteiger partial charge in [-0.05, 0) is 26.8 Å². The molecule has 2 aromatic rings. The highest BCUT2D eigenvalue weighted by molar-refractivity contribution is 5.94. The molecule has 4 heteroatoms. The second-order valence-corrected chi connectivity index (χ2v) is 6.22. The van der Waals surface area contributed by atoms with Crippen molar-refractivity contribution < 1.29 is 4.74 Å². The summed E-state index contributed by atoms with van der Waals surface area (Å²) in [5.74, 6) is 0. The Hall–Kier alpha value is -2.12. The van der Waals surface area contributed by atoms with Crippen molar-refractivity contribution in [2.45, 2.75) is 32.5 Å². The van der Waals surface area contributed by atoms with E-state index >= 15 is 0 Å². The number of hydrogen-bond donors (Lipinski definition) is 0. The molecule has 2 heterocycles. The third kappa shape index (κ3) is 2.57. The molecule has 0 aliphatic carbocycles. The number of nitriles is 1. The quantitative estimate of drug-likeness (QED) is 0.806. The zero-order chi connectivity index (χ0) is 15.0. The number of hydrogen-bond acceptors (Lipinski definition) is 4. The highest BCUT2D eigenvalue weighted by Crippen LogP contribution is 2.33. The summed E-state index contributed by atoms with van der Waals surface area (Å²) in [5, 5.41) is 10.5. The minimum Gasteiger partial charge on any atom is -0.369 e. The van der Waals surface area contributed by atoms with Crippen molar-refractivity contribution in [1.82, 2.24) is 4.98 Å². The van der Waals surface area contributed by atoms with Gasteiger partial charge in [0.1, 0.15) is 6.07 Å². The Morgan fingerprint density at radius 1 is 1.38 bits per heavy atom. The number of aromatic nitrogens is 1. The van der Waals surface area contributed by atoms with E-state index in [1.165, 1.54) is 0 Å². The molecule has 1 aliphatic rings. The van der Waals surface area contributed by atoms with Gasteiger partial charge < -0.3 is 9.64 Å². The van der Waals surface area contributed by atoms with Gasteiger partial charge in [0.2, 0.25) is 0 Å². The first-order valence-electron chi connectivity index (χ1n) is 7.21. The van der Waals surface area contributed by atoms with Crippen molar-refractivity contribution in [3.05, 3.63) is 36.0 Å². The maximum Gasteiger partial charge on any atom is 0.103 e. The molecular weight excluding hydrogens is 262 g/mol. The van der Waals surface area contributed by atoms with E-state index in [4.69, 9.17) is 4.74 Å². The molecule has 1 aromatic carbocycles. The van der Waals surface area contributed by atoms with Crippen LogP contribution in [-0.2, 0) is 4.74 Å². The summed E-state index contributed by atoms with van der Waals surface area (Å²) in [6.45, 7) is 7.80. The molecule has 1 aliphatic heterocycles. The summed E-state index contributed by atoms with van der Waals surface area (Å²) in [4.78, 5) is 6.64. The molecule has 21 heavy (non-hydrogen) atoms. The lowest BCUT2D eigenvalue weighted by Crippen LogP contribution is -2.52. The number of benzene rings is 1. The SMILES string of the molecule is CC1CN(c2c(C#N)cnc3ccccc23)CC(C)(C)O1. The van der Waals surface area contributed by atoms with Crippen LogP contribution in [0.25, 0.3) is 10.9 Å². The van der Waals surface area contributed by atoms with E-state index in [1.54, 1.807) is 6.20 Å². The lowest BCUT2D eigenvalue weighted by atomic mass is 10.0. The number of fused-ring (bicyclic) bond motifs is 1. The predicted octanol–water partition coefficient (Wildman–Crippen LogP) is 3.11. The number of para-hydroxylation sites is 1. The molecular formula is C17H19N3O. The first-order chi connectivity index (χ1) is 10.00. The van der Waals surface area contributed by atoms with E-state index < -0.39 is 0 Å². The molecule has 4 nitrogen and oxygen atoms in total. The lowest BCUT2D eigenvalue weighted by molar-refractivity contribution is -0.0749. The number of anilines is 1. The van der Waals surface area contributed by atoms with E-state index in [1.807, 2.05) is 24.3 Å². The molecule has 0 amide bonds. The molecule has 0 radical (unpaired) electrons. The Labute approximate surface area is 125 Å². The van der Waals surface area contributed by atoms with Gasteiger partial charge in [0, 0.05) is 24.7 Å². The van der Waals surface area contributed by atoms with Crippen molar-refractivity contribution in [2.24, 2.45) is 0 Å². The molecule has 1 saturated heterocycles. The third-order valence-electron chi connectivity index (χ3n) is 3.75. The second-order valence-electron chi connectivity index (χ2n) is 6.22. The van der Waals surface area contributed by atoms with Crippen molar-refractivity contribution in [1.29, 1.82) is 5.26 Å². The second kappa shape index (κ2) is 5.01. The Morgan fingerprint density at radius 2 is 2.14 bits per heavy atom. The molecule has 108 valence electrons. The third-order valence-corrected chi connectivity index (χ3v) is 3.75. The summed E-state index contributed by atoms with van der Waals surface area (Å²) in [6.07, 6.45) is 1.80. The van der Waals surface area contributed by atoms with Crippen molar-refractivity contribution in [2.75, 3.05) is 18.0 Å². The highest BCUT2D eigenvalue weighted by atomic mass is 16.5. The smallest absolute Gasteiger partial charge is 0.103 e. The standard InChI is InChI=1S/C17H19N3O/c1-12-10-20(11-17(2,3)21-12)16-13(8-18)9-19-15-7-5-4-6-14(15)16/h4-7,9,12H,10-11H2,1-3H3. The summed E-state index contributed by atoms with van der Waals surface area (Å²) in [7, 11) is 0. The van der Waals surface area contributed by atoms with E-state index in [0.29, 0.717) is 5.56 Å². The van der Waals surface area contributed by atoms with Crippen LogP contribution in [0.3, 0.4) is 0 Å². The van der Waals surface area contributed by atoms with Crippen LogP contribution < -0.4 is 4.90 Å². The topological polar surface area (TPSA) is 49.2 Å². The van der Waals surface area contributed by atoms with Crippen LogP contribution in [0.5, 0.6) is 0 Å². The van der Waals surface area contributed by atoms with Crippen LogP contribution >= 0.6 is 0 Å². The number of morpholine rings is 1. The Bertz CT molecular complexity index is 718. The fourth-order valence-corrected chi connectivity index (χ4v) is 3.17. The summed E-state index contributed by atoms with van der Waals surface area (Å²) >= 11 is 0. The van der Waals surface area contributed by atoms with Gasteiger partial charge in [-0.15, -0.1) is 0 Å². The number of rotatable bonds is 1. The average Bonchev–Trinajstić information content (AvgIpc) is 2.43. The largest absolute Gasteiger partial charge is 0.369 e. The maximum absolute atomic E-state index is 9.46. The predicted molar refractivity (Wildman–Crippen MR) is 83.3 cm³/mol. The van der Waals surface area contributed by atoms with Gasteiger partial charge in [-0.25, -0.2) is 0 Å². The van der Waals surface area contributed by atoms with E-state index in [-0.39, 0.29) is 11.7 Å². The van der Waals surface area contributed by atoms with Crippen molar-refractivity contribution in [3.63, 3.8) is 0 Å². The van der Waals surface area contributed by atoms with Gasteiger partial charge in [0.25, 0.3) is 0 Å². The minimum atomic E-state index is -0.227. The van der Waals surface area contributed by atoms with Crippen LogP contribution in [0, 0.1) is 11.3 Å². The molecule has 1 unspecified atom stereocenters. The zero-order valence-corrected chi connectivity index (χ0v) is 12.6. The van der Waals surface area contributed by atoms with E-state index in [2.05, 4.69) is 36.7 Å². The molecule has 0 bridgehead atoms. The van der Waals surface area contributed by atoms with Crippen LogP contribution in [0.2, 0.25) is 0 Å². The zero-order valence-electron chi connectivity index (χ0n) is 12.6. The first-order valence-corrected chi connectivity index (χ1v) is 7.21. The lowest BCUT2D eigenvalue weighted by Gasteiger charge is -2.43. The van der Waals surface area contributed by atoms with Gasteiger partial charge >= 0.3 is 0 Å². The fraction of sp³-hybridized carbons (Fsp3) is 0.412. The number of ether oxygens (including phenoxy) is 1. The van der Waals surface area contributed by atoms with Gasteiger partial charge in [-0.3, -0.25) is 4.98 Å². The summed E-state index contributed by atoms with van der Waals surface area (Å²) in [6, 6.07) is 10.3. The van der Waals surface area contributed by atoms with Gasteiger partial charge in [0.15, 0.2) is 0 Å². The first kappa shape index (κ1) is 13.8. The van der Waals surface area contributed by atoms with Crippen LogP contribution in [-0.4, -0.2) is 29.8 Å². The molecule has 1 atom stereocenters. The van der Waals surface area contributed by atoms with Gasteiger partial charge in [0.05, 0.1) is 28.5 Å². The Kier molecular flexibility index (Phi) is 3.30. The highest BCUT2D eigenvalue weighted by Gasteiger charge is 2.33. The molecule has 0 N–H and O–H groups in total. The van der Waals surface area contributed by atoms with E-state index in [0.717, 1.165) is 29.7 Å². The van der Waals surface area contributed by atoms with Crippen molar-refractivity contribution >= 4 is 16.6 Å². The Morgan fingerprint density at radius 3 is 2.86 bits per heavy atom. The normalized spacial score (nSPS) is 21.2. The molecule has 0 saturated carbocycles.